The van der Waals surface area contributed by atoms with E-state index < -0.39 is 17.4 Å². The molecule has 1 aromatic carbocycles. The topological polar surface area (TPSA) is 101 Å². The smallest absolute Gasteiger partial charge is 0.267 e. The summed E-state index contributed by atoms with van der Waals surface area (Å²) < 4.78 is 15.4. The Bertz CT molecular complexity index is 1530. The van der Waals surface area contributed by atoms with Crippen LogP contribution in [-0.4, -0.2) is 29.5 Å². The first kappa shape index (κ1) is 23.9. The second-order valence-corrected chi connectivity index (χ2v) is 8.04. The number of aromatic nitrogens is 6. The van der Waals surface area contributed by atoms with E-state index >= 15 is 0 Å². The van der Waals surface area contributed by atoms with Gasteiger partial charge in [-0.25, -0.2) is 24.3 Å². The number of imidazole rings is 1. The summed E-state index contributed by atoms with van der Waals surface area (Å²) in [5, 5.41) is 2.95. The van der Waals surface area contributed by atoms with E-state index in [9.17, 15) is 9.18 Å². The zero-order chi connectivity index (χ0) is 24.4. The zero-order valence-electron chi connectivity index (χ0n) is 17.7. The van der Waals surface area contributed by atoms with Crippen LogP contribution in [0.3, 0.4) is 0 Å². The van der Waals surface area contributed by atoms with E-state index in [0.29, 0.717) is 23.4 Å². The van der Waals surface area contributed by atoms with Gasteiger partial charge in [-0.1, -0.05) is 54.4 Å². The molecule has 174 valence electrons. The number of hydrogen-bond acceptors (Lipinski definition) is 6. The van der Waals surface area contributed by atoms with Crippen LogP contribution < -0.4 is 10.9 Å². The molecule has 4 aromatic rings. The average Bonchev–Trinajstić information content (AvgIpc) is 3.31. The number of nitrogens with one attached hydrogen (secondary N) is 2. The van der Waals surface area contributed by atoms with Crippen LogP contribution in [-0.2, 0) is 0 Å². The lowest BCUT2D eigenvalue weighted by atomic mass is 10.1. The highest BCUT2D eigenvalue weighted by Crippen LogP contribution is 2.31. The first-order valence-electron chi connectivity index (χ1n) is 10.0. The van der Waals surface area contributed by atoms with Gasteiger partial charge in [0.05, 0.1) is 39.0 Å². The largest absolute Gasteiger partial charge is 0.358 e. The summed E-state index contributed by atoms with van der Waals surface area (Å²) in [7, 11) is 0. The number of aromatic amines is 1. The zero-order valence-corrected chi connectivity index (χ0v) is 20.0. The van der Waals surface area contributed by atoms with Gasteiger partial charge in [0, 0.05) is 5.54 Å². The van der Waals surface area contributed by atoms with Crippen molar-refractivity contribution in [2.75, 3.05) is 5.32 Å². The van der Waals surface area contributed by atoms with Crippen molar-refractivity contribution in [3.63, 3.8) is 0 Å². The highest BCUT2D eigenvalue weighted by molar-refractivity contribution is 6.39. The second kappa shape index (κ2) is 9.92. The summed E-state index contributed by atoms with van der Waals surface area (Å²) in [5.41, 5.74) is 1.89. The molecular weight excluding hydrogens is 504 g/mol. The number of hydrogen-bond donors (Lipinski definition) is 2. The van der Waals surface area contributed by atoms with Gasteiger partial charge in [-0.05, 0) is 24.6 Å². The number of rotatable bonds is 7. The highest BCUT2D eigenvalue weighted by atomic mass is 35.5. The summed E-state index contributed by atoms with van der Waals surface area (Å²) in [4.78, 5) is 33.8. The van der Waals surface area contributed by atoms with Gasteiger partial charge in [0.1, 0.15) is 23.5 Å². The van der Waals surface area contributed by atoms with Crippen LogP contribution in [0.5, 0.6) is 0 Å². The Balaban J connectivity index is 2.00. The van der Waals surface area contributed by atoms with E-state index in [1.54, 1.807) is 0 Å². The Hall–Kier alpha value is -3.27. The monoisotopic (exact) mass is 519 g/mol. The number of nitrogens with zero attached hydrogens (tertiary/aromatic N) is 5. The molecule has 0 amide bonds. The molecular formula is C22H17Cl3FN7O. The number of fused-ring (bicyclic) bond motifs is 2. The van der Waals surface area contributed by atoms with Crippen LogP contribution in [0.15, 0.2) is 58.9 Å². The molecule has 0 aliphatic rings. The Morgan fingerprint density at radius 2 is 2.15 bits per heavy atom. The number of H-pyrrole nitrogens is 1. The molecule has 0 aliphatic carbocycles. The molecule has 12 heteroatoms. The van der Waals surface area contributed by atoms with Crippen LogP contribution >= 0.6 is 34.8 Å². The van der Waals surface area contributed by atoms with Crippen LogP contribution in [0.2, 0.25) is 5.02 Å². The SMILES string of the molecule is C=CC=C(Cl)C(=CCl)n1c(C(CC)Nc2ncnc3nc[nH]c23)nc2ccc(F)c(Cl)c2c1=O. The molecule has 3 heterocycles. The van der Waals surface area contributed by atoms with Crippen molar-refractivity contribution in [2.45, 2.75) is 19.4 Å². The Labute approximate surface area is 207 Å². The van der Waals surface area contributed by atoms with E-state index in [-0.39, 0.29) is 32.5 Å². The van der Waals surface area contributed by atoms with E-state index in [1.165, 1.54) is 35.4 Å². The molecule has 1 unspecified atom stereocenters. The minimum atomic E-state index is -0.746. The van der Waals surface area contributed by atoms with Gasteiger partial charge >= 0.3 is 0 Å². The van der Waals surface area contributed by atoms with Crippen molar-refractivity contribution in [2.24, 2.45) is 0 Å². The molecule has 0 saturated carbocycles. The molecule has 3 aromatic heterocycles. The fourth-order valence-corrected chi connectivity index (χ4v) is 4.22. The van der Waals surface area contributed by atoms with Gasteiger partial charge in [0.15, 0.2) is 11.5 Å². The minimum absolute atomic E-state index is 0.0997. The van der Waals surface area contributed by atoms with Gasteiger partial charge in [0.25, 0.3) is 5.56 Å². The summed E-state index contributed by atoms with van der Waals surface area (Å²) in [6, 6.07) is 1.99. The maximum absolute atomic E-state index is 14.2. The normalized spacial score (nSPS) is 13.4. The van der Waals surface area contributed by atoms with Crippen molar-refractivity contribution in [1.82, 2.24) is 29.5 Å². The first-order chi connectivity index (χ1) is 16.4. The maximum Gasteiger partial charge on any atom is 0.267 e. The summed E-state index contributed by atoms with van der Waals surface area (Å²) in [5.74, 6) is -0.0303. The Kier molecular flexibility index (Phi) is 6.97. The van der Waals surface area contributed by atoms with E-state index in [2.05, 4.69) is 36.8 Å². The fraction of sp³-hybridized carbons (Fsp3) is 0.136. The lowest BCUT2D eigenvalue weighted by Crippen LogP contribution is -2.29. The molecule has 0 spiro atoms. The third-order valence-corrected chi connectivity index (χ3v) is 5.96. The van der Waals surface area contributed by atoms with Gasteiger partial charge in [-0.3, -0.25) is 9.36 Å². The molecule has 0 fully saturated rings. The fourth-order valence-electron chi connectivity index (χ4n) is 3.48. The molecule has 4 rings (SSSR count). The average molecular weight is 521 g/mol. The van der Waals surface area contributed by atoms with Crippen molar-refractivity contribution in [1.29, 1.82) is 0 Å². The van der Waals surface area contributed by atoms with Crippen LogP contribution in [0.25, 0.3) is 27.8 Å². The number of benzene rings is 1. The van der Waals surface area contributed by atoms with E-state index in [0.717, 1.165) is 11.6 Å². The Morgan fingerprint density at radius 1 is 1.35 bits per heavy atom. The lowest BCUT2D eigenvalue weighted by Gasteiger charge is -2.23. The molecule has 0 radical (unpaired) electrons. The molecule has 0 aliphatic heterocycles. The third-order valence-electron chi connectivity index (χ3n) is 5.06. The molecule has 2 N–H and O–H groups in total. The van der Waals surface area contributed by atoms with Gasteiger partial charge in [-0.15, -0.1) is 0 Å². The van der Waals surface area contributed by atoms with Crippen molar-refractivity contribution >= 4 is 68.4 Å². The van der Waals surface area contributed by atoms with Crippen molar-refractivity contribution in [3.05, 3.63) is 81.1 Å². The van der Waals surface area contributed by atoms with Gasteiger partial charge in [0.2, 0.25) is 0 Å². The number of halogens is 4. The molecule has 8 nitrogen and oxygen atoms in total. The highest BCUT2D eigenvalue weighted by Gasteiger charge is 2.25. The van der Waals surface area contributed by atoms with Crippen LogP contribution in [0, 0.1) is 5.82 Å². The molecule has 34 heavy (non-hydrogen) atoms. The Morgan fingerprint density at radius 3 is 2.85 bits per heavy atom. The minimum Gasteiger partial charge on any atom is -0.358 e. The summed E-state index contributed by atoms with van der Waals surface area (Å²) in [6.45, 7) is 5.52. The first-order valence-corrected chi connectivity index (χ1v) is 11.2. The van der Waals surface area contributed by atoms with E-state index in [4.69, 9.17) is 34.8 Å². The summed E-state index contributed by atoms with van der Waals surface area (Å²) in [6.07, 6.45) is 6.26. The maximum atomic E-state index is 14.2. The van der Waals surface area contributed by atoms with Gasteiger partial charge < -0.3 is 10.3 Å². The number of anilines is 1. The predicted octanol–water partition coefficient (Wildman–Crippen LogP) is 5.76. The van der Waals surface area contributed by atoms with Crippen molar-refractivity contribution < 1.29 is 4.39 Å². The van der Waals surface area contributed by atoms with Gasteiger partial charge in [-0.2, -0.15) is 0 Å². The standard InChI is InChI=1S/C22H17Cl3FN7O/c1-3-5-11(24)15(8-23)33-21(32-14-7-6-12(26)17(25)16(14)22(33)34)13(4-2)31-20-18-19(28-9-27-18)29-10-30-20/h3,5-10,13H,1,4H2,2H3,(H2,27,28,29,30,31). The molecule has 0 bridgehead atoms. The summed E-state index contributed by atoms with van der Waals surface area (Å²) >= 11 is 18.7. The van der Waals surface area contributed by atoms with E-state index in [1.807, 2.05) is 6.92 Å². The molecule has 1 atom stereocenters. The third kappa shape index (κ3) is 4.18. The van der Waals surface area contributed by atoms with Crippen LogP contribution in [0.4, 0.5) is 10.2 Å². The molecule has 0 saturated heterocycles. The quantitative estimate of drug-likeness (QED) is 0.300. The number of allylic oxidation sites excluding steroid dienone is 4. The predicted molar refractivity (Wildman–Crippen MR) is 134 cm³/mol. The van der Waals surface area contributed by atoms with Crippen molar-refractivity contribution in [3.8, 4) is 0 Å². The second-order valence-electron chi connectivity index (χ2n) is 7.04. The van der Waals surface area contributed by atoms with Crippen LogP contribution in [0.1, 0.15) is 25.2 Å². The lowest BCUT2D eigenvalue weighted by molar-refractivity contribution is 0.628.